The quantitative estimate of drug-likeness (QED) is 0.485. The minimum atomic E-state index is -0.407. The van der Waals surface area contributed by atoms with Crippen molar-refractivity contribution in [2.24, 2.45) is 0 Å². The van der Waals surface area contributed by atoms with Gasteiger partial charge in [-0.25, -0.2) is 4.98 Å². The van der Waals surface area contributed by atoms with Gasteiger partial charge in [0, 0.05) is 13.2 Å². The van der Waals surface area contributed by atoms with Crippen LogP contribution >= 0.6 is 11.8 Å². The first-order valence-electron chi connectivity index (χ1n) is 10.2. The molecule has 6 nitrogen and oxygen atoms in total. The lowest BCUT2D eigenvalue weighted by Crippen LogP contribution is -2.36. The molecule has 7 heteroatoms. The lowest BCUT2D eigenvalue weighted by molar-refractivity contribution is -0.120. The number of carbonyl (C=O) groups excluding carboxylic acids is 1. The summed E-state index contributed by atoms with van der Waals surface area (Å²) in [7, 11) is 0. The van der Waals surface area contributed by atoms with Crippen LogP contribution in [-0.4, -0.2) is 40.0 Å². The number of fused-ring (bicyclic) bond motifs is 1. The monoisotopic (exact) mass is 423 g/mol. The van der Waals surface area contributed by atoms with Crippen LogP contribution in [0.5, 0.6) is 0 Å². The minimum Gasteiger partial charge on any atom is -0.376 e. The number of benzene rings is 2. The second kappa shape index (κ2) is 9.02. The molecule has 1 aromatic heterocycles. The Morgan fingerprint density at radius 1 is 1.30 bits per heavy atom. The number of hydrogen-bond acceptors (Lipinski definition) is 5. The fourth-order valence-electron chi connectivity index (χ4n) is 3.56. The molecule has 4 rings (SSSR count). The summed E-state index contributed by atoms with van der Waals surface area (Å²) in [6.07, 6.45) is 2.10. The molecule has 156 valence electrons. The zero-order chi connectivity index (χ0) is 21.1. The van der Waals surface area contributed by atoms with Crippen molar-refractivity contribution in [2.75, 3.05) is 13.2 Å². The van der Waals surface area contributed by atoms with E-state index in [4.69, 9.17) is 9.72 Å². The van der Waals surface area contributed by atoms with Crippen LogP contribution in [0.1, 0.15) is 25.3 Å². The fraction of sp³-hybridized carbons (Fsp3) is 0.348. The Morgan fingerprint density at radius 2 is 2.13 bits per heavy atom. The zero-order valence-corrected chi connectivity index (χ0v) is 17.9. The van der Waals surface area contributed by atoms with E-state index in [9.17, 15) is 9.59 Å². The molecule has 1 saturated heterocycles. The first-order valence-corrected chi connectivity index (χ1v) is 11.1. The standard InChI is InChI=1S/C23H25N3O3S/c1-15-7-5-8-17(13-15)26-22(28)19-10-3-4-11-20(19)25-23(26)30-16(2)21(27)24-14-18-9-6-12-29-18/h3-5,7-8,10-11,13,16,18H,6,9,12,14H2,1-2H3,(H,24,27)/t16-,18+/m0/s1. The van der Waals surface area contributed by atoms with E-state index < -0.39 is 5.25 Å². The third-order valence-corrected chi connectivity index (χ3v) is 6.24. The number of aryl methyl sites for hydroxylation is 1. The second-order valence-electron chi connectivity index (χ2n) is 7.53. The highest BCUT2D eigenvalue weighted by Gasteiger charge is 2.22. The van der Waals surface area contributed by atoms with E-state index in [2.05, 4.69) is 5.32 Å². The predicted molar refractivity (Wildman–Crippen MR) is 119 cm³/mol. The van der Waals surface area contributed by atoms with E-state index in [0.29, 0.717) is 22.6 Å². The average Bonchev–Trinajstić information content (AvgIpc) is 3.26. The van der Waals surface area contributed by atoms with Gasteiger partial charge in [0.05, 0.1) is 27.9 Å². The van der Waals surface area contributed by atoms with Gasteiger partial charge in [-0.2, -0.15) is 0 Å². The van der Waals surface area contributed by atoms with Crippen molar-refractivity contribution in [3.63, 3.8) is 0 Å². The lowest BCUT2D eigenvalue weighted by Gasteiger charge is -2.17. The SMILES string of the molecule is Cc1cccc(-n2c(S[C@@H](C)C(=O)NC[C@H]3CCCO3)nc3ccccc3c2=O)c1. The van der Waals surface area contributed by atoms with E-state index in [1.165, 1.54) is 11.8 Å². The van der Waals surface area contributed by atoms with Gasteiger partial charge in [0.25, 0.3) is 5.56 Å². The molecule has 1 aliphatic rings. The molecular formula is C23H25N3O3S. The molecule has 1 amide bonds. The molecule has 0 radical (unpaired) electrons. The van der Waals surface area contributed by atoms with Gasteiger partial charge in [-0.15, -0.1) is 0 Å². The van der Waals surface area contributed by atoms with Crippen LogP contribution in [0.2, 0.25) is 0 Å². The number of nitrogens with one attached hydrogen (secondary N) is 1. The molecule has 0 aliphatic carbocycles. The molecule has 1 aliphatic heterocycles. The Morgan fingerprint density at radius 3 is 2.90 bits per heavy atom. The number of rotatable bonds is 6. The Balaban J connectivity index is 1.65. The first kappa shape index (κ1) is 20.6. The molecule has 2 atom stereocenters. The summed E-state index contributed by atoms with van der Waals surface area (Å²) in [6.45, 7) is 5.09. The van der Waals surface area contributed by atoms with Gasteiger partial charge >= 0.3 is 0 Å². The molecular weight excluding hydrogens is 398 g/mol. The summed E-state index contributed by atoms with van der Waals surface area (Å²) in [6, 6.07) is 15.0. The van der Waals surface area contributed by atoms with Crippen molar-refractivity contribution in [3.8, 4) is 5.69 Å². The first-order chi connectivity index (χ1) is 14.5. The summed E-state index contributed by atoms with van der Waals surface area (Å²) in [5, 5.41) is 3.62. The van der Waals surface area contributed by atoms with E-state index in [1.54, 1.807) is 10.6 Å². The molecule has 2 heterocycles. The summed E-state index contributed by atoms with van der Waals surface area (Å²) in [5.74, 6) is -0.0892. The van der Waals surface area contributed by atoms with Crippen molar-refractivity contribution >= 4 is 28.6 Å². The minimum absolute atomic E-state index is 0.0892. The van der Waals surface area contributed by atoms with Crippen LogP contribution in [0.3, 0.4) is 0 Å². The summed E-state index contributed by atoms with van der Waals surface area (Å²) in [5.41, 5.74) is 2.28. The van der Waals surface area contributed by atoms with Gasteiger partial charge in [0.1, 0.15) is 0 Å². The van der Waals surface area contributed by atoms with E-state index in [0.717, 1.165) is 30.7 Å². The van der Waals surface area contributed by atoms with Crippen LogP contribution in [0, 0.1) is 6.92 Å². The zero-order valence-electron chi connectivity index (χ0n) is 17.1. The third kappa shape index (κ3) is 4.42. The highest BCUT2D eigenvalue weighted by atomic mass is 32.2. The number of thioether (sulfide) groups is 1. The van der Waals surface area contributed by atoms with Crippen LogP contribution in [0.25, 0.3) is 16.6 Å². The van der Waals surface area contributed by atoms with Crippen molar-refractivity contribution in [1.29, 1.82) is 0 Å². The van der Waals surface area contributed by atoms with Crippen molar-refractivity contribution in [2.45, 2.75) is 43.2 Å². The maximum Gasteiger partial charge on any atom is 0.266 e. The molecule has 0 spiro atoms. The van der Waals surface area contributed by atoms with E-state index >= 15 is 0 Å². The largest absolute Gasteiger partial charge is 0.376 e. The highest BCUT2D eigenvalue weighted by Crippen LogP contribution is 2.25. The topological polar surface area (TPSA) is 73.2 Å². The second-order valence-corrected chi connectivity index (χ2v) is 8.84. The Bertz CT molecular complexity index is 1120. The Labute approximate surface area is 179 Å². The fourth-order valence-corrected chi connectivity index (χ4v) is 4.51. The molecule has 0 unspecified atom stereocenters. The van der Waals surface area contributed by atoms with Crippen molar-refractivity contribution < 1.29 is 9.53 Å². The molecule has 1 fully saturated rings. The Hall–Kier alpha value is -2.64. The number of nitrogens with zero attached hydrogens (tertiary/aromatic N) is 2. The van der Waals surface area contributed by atoms with Crippen LogP contribution < -0.4 is 10.9 Å². The number of aromatic nitrogens is 2. The molecule has 0 bridgehead atoms. The predicted octanol–water partition coefficient (Wildman–Crippen LogP) is 3.47. The molecule has 2 aromatic carbocycles. The number of amides is 1. The molecule has 3 aromatic rings. The number of para-hydroxylation sites is 1. The smallest absolute Gasteiger partial charge is 0.266 e. The summed E-state index contributed by atoms with van der Waals surface area (Å²) in [4.78, 5) is 30.7. The molecule has 1 N–H and O–H groups in total. The number of carbonyl (C=O) groups is 1. The summed E-state index contributed by atoms with van der Waals surface area (Å²) >= 11 is 1.29. The van der Waals surface area contributed by atoms with Crippen molar-refractivity contribution in [3.05, 3.63) is 64.4 Å². The molecule has 0 saturated carbocycles. The average molecular weight is 424 g/mol. The van der Waals surface area contributed by atoms with Gasteiger partial charge in [0.2, 0.25) is 5.91 Å². The number of hydrogen-bond donors (Lipinski definition) is 1. The van der Waals surface area contributed by atoms with Crippen molar-refractivity contribution in [1.82, 2.24) is 14.9 Å². The number of ether oxygens (including phenoxy) is 1. The maximum absolute atomic E-state index is 13.3. The summed E-state index contributed by atoms with van der Waals surface area (Å²) < 4.78 is 7.18. The Kier molecular flexibility index (Phi) is 6.20. The van der Waals surface area contributed by atoms with Crippen LogP contribution in [0.4, 0.5) is 0 Å². The van der Waals surface area contributed by atoms with Gasteiger partial charge in [-0.3, -0.25) is 14.2 Å². The maximum atomic E-state index is 13.3. The van der Waals surface area contributed by atoms with Gasteiger partial charge in [0.15, 0.2) is 5.16 Å². The van der Waals surface area contributed by atoms with Gasteiger partial charge < -0.3 is 10.1 Å². The van der Waals surface area contributed by atoms with E-state index in [1.807, 2.05) is 56.3 Å². The van der Waals surface area contributed by atoms with Gasteiger partial charge in [-0.05, 0) is 56.5 Å². The van der Waals surface area contributed by atoms with Gasteiger partial charge in [-0.1, -0.05) is 36.0 Å². The third-order valence-electron chi connectivity index (χ3n) is 5.18. The van der Waals surface area contributed by atoms with Crippen LogP contribution in [-0.2, 0) is 9.53 Å². The lowest BCUT2D eigenvalue weighted by atomic mass is 10.2. The van der Waals surface area contributed by atoms with Crippen LogP contribution in [0.15, 0.2) is 58.5 Å². The normalized spacial score (nSPS) is 17.2. The van der Waals surface area contributed by atoms with E-state index in [-0.39, 0.29) is 17.6 Å². The molecule has 30 heavy (non-hydrogen) atoms. The highest BCUT2D eigenvalue weighted by molar-refractivity contribution is 8.00.